The molecule has 1 amide bonds. The molecule has 0 aliphatic carbocycles. The number of benzene rings is 2. The zero-order chi connectivity index (χ0) is 24.4. The molecule has 2 aromatic carbocycles. The lowest BCUT2D eigenvalue weighted by Crippen LogP contribution is -2.45. The molecule has 1 fully saturated rings. The number of aromatic nitrogens is 2. The summed E-state index contributed by atoms with van der Waals surface area (Å²) in [6, 6.07) is 20.2. The average molecular weight is 489 g/mol. The lowest BCUT2D eigenvalue weighted by molar-refractivity contribution is -0.0245. The minimum Gasteiger partial charge on any atom is -0.383 e. The molecule has 2 N–H and O–H groups in total. The van der Waals surface area contributed by atoms with E-state index in [1.54, 1.807) is 30.2 Å². The first kappa shape index (κ1) is 23.3. The molecule has 0 radical (unpaired) electrons. The molecule has 1 aliphatic rings. The van der Waals surface area contributed by atoms with Crippen molar-refractivity contribution in [1.82, 2.24) is 14.9 Å². The summed E-state index contributed by atoms with van der Waals surface area (Å²) in [6.45, 7) is 2.38. The Morgan fingerprint density at radius 3 is 2.54 bits per heavy atom. The van der Waals surface area contributed by atoms with Gasteiger partial charge in [-0.15, -0.1) is 0 Å². The number of halogens is 1. The molecule has 3 heterocycles. The van der Waals surface area contributed by atoms with Gasteiger partial charge in [-0.25, -0.2) is 4.39 Å². The van der Waals surface area contributed by atoms with Crippen molar-refractivity contribution in [3.8, 4) is 0 Å². The zero-order valence-corrected chi connectivity index (χ0v) is 20.1. The van der Waals surface area contributed by atoms with Crippen LogP contribution in [0, 0.1) is 12.7 Å². The van der Waals surface area contributed by atoms with Crippen LogP contribution in [0.1, 0.15) is 34.6 Å². The summed E-state index contributed by atoms with van der Waals surface area (Å²) in [5.41, 5.74) is 1.97. The first-order valence-corrected chi connectivity index (χ1v) is 12.3. The predicted molar refractivity (Wildman–Crippen MR) is 136 cm³/mol. The van der Waals surface area contributed by atoms with Gasteiger partial charge < -0.3 is 14.7 Å². The summed E-state index contributed by atoms with van der Waals surface area (Å²) in [5.74, 6) is -0.470. The van der Waals surface area contributed by atoms with E-state index in [4.69, 9.17) is 0 Å². The molecule has 0 bridgehead atoms. The maximum atomic E-state index is 13.6. The normalized spacial score (nSPS) is 15.2. The lowest BCUT2D eigenvalue weighted by Gasteiger charge is -2.38. The molecule has 1 aliphatic heterocycles. The third kappa shape index (κ3) is 4.85. The second-order valence-electron chi connectivity index (χ2n) is 8.70. The van der Waals surface area contributed by atoms with E-state index in [0.717, 1.165) is 21.5 Å². The number of piperidine rings is 1. The van der Waals surface area contributed by atoms with Crippen LogP contribution in [-0.4, -0.2) is 39.0 Å². The number of aliphatic hydroxyl groups is 1. The number of hydrogen-bond donors (Lipinski definition) is 2. The summed E-state index contributed by atoms with van der Waals surface area (Å²) < 4.78 is 16.9. The van der Waals surface area contributed by atoms with E-state index < -0.39 is 11.4 Å². The van der Waals surface area contributed by atoms with Gasteiger partial charge in [-0.2, -0.15) is 0 Å². The summed E-state index contributed by atoms with van der Waals surface area (Å²) in [7, 11) is 0. The molecule has 0 atom stereocenters. The van der Waals surface area contributed by atoms with Crippen molar-refractivity contribution < 1.29 is 14.3 Å². The Bertz CT molecular complexity index is 1370. The number of nitrogens with zero attached hydrogens (tertiary/aromatic N) is 3. The molecule has 1 saturated heterocycles. The summed E-state index contributed by atoms with van der Waals surface area (Å²) in [5, 5.41) is 12.1. The Morgan fingerprint density at radius 1 is 1.06 bits per heavy atom. The number of carbonyl (C=O) groups excluding carboxylic acids is 1. The number of aryl methyl sites for hydroxylation is 1. The van der Waals surface area contributed by atoms with Gasteiger partial charge in [0.2, 0.25) is 0 Å². The van der Waals surface area contributed by atoms with Crippen LogP contribution in [0.3, 0.4) is 0 Å². The second-order valence-corrected chi connectivity index (χ2v) is 9.55. The summed E-state index contributed by atoms with van der Waals surface area (Å²) in [6.07, 6.45) is 2.49. The number of nitrogens with one attached hydrogen (secondary N) is 1. The number of amides is 1. The fraction of sp³-hybridized carbons (Fsp3) is 0.222. The van der Waals surface area contributed by atoms with Crippen LogP contribution in [0.4, 0.5) is 10.1 Å². The Labute approximate surface area is 207 Å². The smallest absolute Gasteiger partial charge is 0.253 e. The van der Waals surface area contributed by atoms with Gasteiger partial charge in [-0.1, -0.05) is 18.2 Å². The Hall–Kier alpha value is -3.49. The molecule has 0 saturated carbocycles. The van der Waals surface area contributed by atoms with Gasteiger partial charge in [-0.3, -0.25) is 14.8 Å². The van der Waals surface area contributed by atoms with Gasteiger partial charge in [0.25, 0.3) is 5.91 Å². The van der Waals surface area contributed by atoms with Gasteiger partial charge in [0.05, 0.1) is 21.8 Å². The number of rotatable bonds is 5. The summed E-state index contributed by atoms with van der Waals surface area (Å²) >= 11 is 1.48. The number of fused-ring (bicyclic) bond motifs is 1. The van der Waals surface area contributed by atoms with E-state index in [9.17, 15) is 14.3 Å². The largest absolute Gasteiger partial charge is 0.383 e. The molecule has 35 heavy (non-hydrogen) atoms. The fourth-order valence-corrected chi connectivity index (χ4v) is 5.05. The highest BCUT2D eigenvalue weighted by molar-refractivity contribution is 8.00. The van der Waals surface area contributed by atoms with Crippen LogP contribution in [0.2, 0.25) is 0 Å². The van der Waals surface area contributed by atoms with Gasteiger partial charge >= 0.3 is 0 Å². The highest BCUT2D eigenvalue weighted by Gasteiger charge is 2.37. The van der Waals surface area contributed by atoms with E-state index in [-0.39, 0.29) is 11.6 Å². The van der Waals surface area contributed by atoms with Crippen LogP contribution in [0.15, 0.2) is 77.8 Å². The van der Waals surface area contributed by atoms with E-state index in [2.05, 4.69) is 14.7 Å². The number of likely N-dealkylation sites (tertiary alicyclic amines) is 1. The monoisotopic (exact) mass is 488 g/mol. The fourth-order valence-electron chi connectivity index (χ4n) is 4.27. The Kier molecular flexibility index (Phi) is 6.40. The summed E-state index contributed by atoms with van der Waals surface area (Å²) in [4.78, 5) is 24.5. The molecular formula is C27H25FN4O2S. The Balaban J connectivity index is 1.20. The van der Waals surface area contributed by atoms with Crippen LogP contribution in [-0.2, 0) is 5.60 Å². The van der Waals surface area contributed by atoms with Crippen molar-refractivity contribution in [3.05, 3.63) is 95.7 Å². The van der Waals surface area contributed by atoms with E-state index >= 15 is 0 Å². The van der Waals surface area contributed by atoms with Crippen molar-refractivity contribution >= 4 is 34.4 Å². The molecule has 8 heteroatoms. The van der Waals surface area contributed by atoms with Crippen molar-refractivity contribution in [1.29, 1.82) is 0 Å². The number of hydrogen-bond acceptors (Lipinski definition) is 6. The highest BCUT2D eigenvalue weighted by atomic mass is 32.2. The number of anilines is 1. The average Bonchev–Trinajstić information content (AvgIpc) is 2.89. The number of pyridine rings is 2. The first-order chi connectivity index (χ1) is 16.9. The molecule has 0 spiro atoms. The molecule has 2 aromatic heterocycles. The minimum atomic E-state index is -1.16. The maximum absolute atomic E-state index is 13.6. The first-order valence-electron chi connectivity index (χ1n) is 11.4. The zero-order valence-electron chi connectivity index (χ0n) is 19.2. The predicted octanol–water partition coefficient (Wildman–Crippen LogP) is 5.32. The molecule has 4 aromatic rings. The molecule has 5 rings (SSSR count). The van der Waals surface area contributed by atoms with Gasteiger partial charge in [-0.05, 0) is 80.2 Å². The molecule has 0 unspecified atom stereocenters. The third-order valence-electron chi connectivity index (χ3n) is 6.38. The highest BCUT2D eigenvalue weighted by Crippen LogP contribution is 2.33. The third-order valence-corrected chi connectivity index (χ3v) is 7.27. The van der Waals surface area contributed by atoms with Crippen molar-refractivity contribution in [2.75, 3.05) is 17.8 Å². The van der Waals surface area contributed by atoms with Crippen molar-refractivity contribution in [2.45, 2.75) is 30.3 Å². The van der Waals surface area contributed by atoms with Gasteiger partial charge in [0, 0.05) is 35.9 Å². The van der Waals surface area contributed by atoms with Gasteiger partial charge in [0.15, 0.2) is 0 Å². The van der Waals surface area contributed by atoms with Crippen LogP contribution >= 0.6 is 11.9 Å². The van der Waals surface area contributed by atoms with Crippen LogP contribution in [0.5, 0.6) is 0 Å². The number of carbonyl (C=O) groups is 1. The van der Waals surface area contributed by atoms with Crippen LogP contribution in [0.25, 0.3) is 10.9 Å². The quantitative estimate of drug-likeness (QED) is 0.370. The van der Waals surface area contributed by atoms with E-state index in [1.165, 1.54) is 24.1 Å². The lowest BCUT2D eigenvalue weighted by atomic mass is 9.87. The standard InChI is InChI=1S/C27H25FN4O2S/c1-18-22(28)11-12-24(30-18)27(34)13-16-32(17-14-27)26(33)20-7-9-21(10-8-20)31-35-23-6-2-4-19-5-3-15-29-25(19)23/h2-12,15,31,34H,13-14,16-17H2,1H3. The minimum absolute atomic E-state index is 0.0762. The SMILES string of the molecule is Cc1nc(C2(O)CCN(C(=O)c3ccc(NSc4cccc5cccnc45)cc3)CC2)ccc1F. The molecule has 6 nitrogen and oxygen atoms in total. The maximum Gasteiger partial charge on any atom is 0.253 e. The van der Waals surface area contributed by atoms with E-state index in [1.807, 2.05) is 42.5 Å². The molecular weight excluding hydrogens is 463 g/mol. The van der Waals surface area contributed by atoms with Gasteiger partial charge in [0.1, 0.15) is 11.4 Å². The second kappa shape index (κ2) is 9.64. The molecule has 178 valence electrons. The Morgan fingerprint density at radius 2 is 1.80 bits per heavy atom. The number of para-hydroxylation sites is 1. The van der Waals surface area contributed by atoms with Crippen molar-refractivity contribution in [3.63, 3.8) is 0 Å². The van der Waals surface area contributed by atoms with Crippen molar-refractivity contribution in [2.24, 2.45) is 0 Å². The van der Waals surface area contributed by atoms with Crippen LogP contribution < -0.4 is 4.72 Å². The topological polar surface area (TPSA) is 78.4 Å². The van der Waals surface area contributed by atoms with E-state index in [0.29, 0.717) is 37.2 Å².